The van der Waals surface area contributed by atoms with Gasteiger partial charge in [-0.05, 0) is 68.5 Å². The molecular weight excluding hydrogens is 410 g/mol. The third kappa shape index (κ3) is 5.38. The number of aromatic hydroxyl groups is 1. The summed E-state index contributed by atoms with van der Waals surface area (Å²) in [5.41, 5.74) is 1.80. The van der Waals surface area contributed by atoms with E-state index in [4.69, 9.17) is 21.6 Å². The highest BCUT2D eigenvalue weighted by Gasteiger charge is 2.22. The fourth-order valence-electron chi connectivity index (χ4n) is 4.27. The van der Waals surface area contributed by atoms with Gasteiger partial charge >= 0.3 is 0 Å². The quantitative estimate of drug-likeness (QED) is 0.490. The molecule has 4 rings (SSSR count). The zero-order chi connectivity index (χ0) is 21.8. The van der Waals surface area contributed by atoms with Gasteiger partial charge in [-0.3, -0.25) is 0 Å². The number of phenols is 1. The molecule has 1 saturated carbocycles. The van der Waals surface area contributed by atoms with Crippen molar-refractivity contribution in [3.8, 4) is 5.75 Å². The van der Waals surface area contributed by atoms with Crippen molar-refractivity contribution >= 4 is 34.3 Å². The molecule has 1 aromatic heterocycles. The Morgan fingerprint density at radius 2 is 1.84 bits per heavy atom. The summed E-state index contributed by atoms with van der Waals surface area (Å²) >= 11 is 6.03. The van der Waals surface area contributed by atoms with E-state index in [1.54, 1.807) is 12.1 Å². The molecule has 1 aliphatic rings. The van der Waals surface area contributed by atoms with Crippen molar-refractivity contribution in [1.82, 2.24) is 15.3 Å². The van der Waals surface area contributed by atoms with Gasteiger partial charge in [0.1, 0.15) is 11.6 Å². The molecule has 3 aromatic rings. The second-order valence-electron chi connectivity index (χ2n) is 8.55. The predicted octanol–water partition coefficient (Wildman–Crippen LogP) is 4.82. The van der Waals surface area contributed by atoms with Crippen LogP contribution >= 0.6 is 11.6 Å². The molecule has 0 radical (unpaired) electrons. The van der Waals surface area contributed by atoms with Crippen LogP contribution in [0.1, 0.15) is 31.2 Å². The molecule has 3 N–H and O–H groups in total. The van der Waals surface area contributed by atoms with Crippen LogP contribution in [-0.4, -0.2) is 41.8 Å². The highest BCUT2D eigenvalue weighted by atomic mass is 35.5. The number of fused-ring (bicyclic) bond motifs is 1. The molecule has 1 heterocycles. The zero-order valence-corrected chi connectivity index (χ0v) is 18.9. The third-order valence-corrected chi connectivity index (χ3v) is 6.21. The van der Waals surface area contributed by atoms with Gasteiger partial charge in [-0.1, -0.05) is 23.7 Å². The molecule has 0 atom stereocenters. The number of para-hydroxylation sites is 1. The highest BCUT2D eigenvalue weighted by molar-refractivity contribution is 6.30. The number of anilines is 2. The Morgan fingerprint density at radius 3 is 2.61 bits per heavy atom. The van der Waals surface area contributed by atoms with Crippen molar-refractivity contribution in [2.24, 2.45) is 5.92 Å². The lowest BCUT2D eigenvalue weighted by atomic mass is 9.86. The summed E-state index contributed by atoms with van der Waals surface area (Å²) < 4.78 is 0. The van der Waals surface area contributed by atoms with Gasteiger partial charge in [-0.15, -0.1) is 0 Å². The zero-order valence-electron chi connectivity index (χ0n) is 18.1. The monoisotopic (exact) mass is 439 g/mol. The van der Waals surface area contributed by atoms with Crippen LogP contribution in [0.3, 0.4) is 0 Å². The van der Waals surface area contributed by atoms with Crippen LogP contribution < -0.4 is 15.5 Å². The van der Waals surface area contributed by atoms with Crippen LogP contribution in [0.15, 0.2) is 42.5 Å². The van der Waals surface area contributed by atoms with Gasteiger partial charge in [0.05, 0.1) is 5.52 Å². The van der Waals surface area contributed by atoms with Crippen LogP contribution in [-0.2, 0) is 6.54 Å². The van der Waals surface area contributed by atoms with E-state index in [0.717, 1.165) is 54.5 Å². The average Bonchev–Trinajstić information content (AvgIpc) is 2.76. The first-order valence-corrected chi connectivity index (χ1v) is 11.3. The molecule has 0 spiro atoms. The fraction of sp³-hybridized carbons (Fsp3) is 0.417. The molecule has 0 amide bonds. The molecule has 0 unspecified atom stereocenters. The molecule has 0 bridgehead atoms. The van der Waals surface area contributed by atoms with Crippen molar-refractivity contribution in [1.29, 1.82) is 0 Å². The van der Waals surface area contributed by atoms with Crippen LogP contribution in [0.2, 0.25) is 5.02 Å². The molecule has 0 aliphatic heterocycles. The maximum Gasteiger partial charge on any atom is 0.225 e. The molecule has 1 fully saturated rings. The summed E-state index contributed by atoms with van der Waals surface area (Å²) in [6.45, 7) is 1.57. The Hall–Kier alpha value is -2.57. The minimum atomic E-state index is 0.289. The van der Waals surface area contributed by atoms with Crippen LogP contribution in [0.4, 0.5) is 11.8 Å². The minimum Gasteiger partial charge on any atom is -0.508 e. The topological polar surface area (TPSA) is 73.3 Å². The summed E-state index contributed by atoms with van der Waals surface area (Å²) in [6, 6.07) is 13.7. The van der Waals surface area contributed by atoms with E-state index >= 15 is 0 Å². The molecule has 7 heteroatoms. The maximum absolute atomic E-state index is 9.94. The Kier molecular flexibility index (Phi) is 6.78. The largest absolute Gasteiger partial charge is 0.508 e. The number of nitrogens with zero attached hydrogens (tertiary/aromatic N) is 3. The number of benzene rings is 2. The van der Waals surface area contributed by atoms with Gasteiger partial charge in [0.2, 0.25) is 5.95 Å². The fourth-order valence-corrected chi connectivity index (χ4v) is 4.46. The van der Waals surface area contributed by atoms with Crippen molar-refractivity contribution in [2.45, 2.75) is 38.3 Å². The van der Waals surface area contributed by atoms with E-state index in [-0.39, 0.29) is 5.75 Å². The molecule has 164 valence electrons. The first-order chi connectivity index (χ1) is 15.0. The van der Waals surface area contributed by atoms with E-state index in [1.165, 1.54) is 0 Å². The number of aromatic nitrogens is 2. The van der Waals surface area contributed by atoms with Gasteiger partial charge in [0, 0.05) is 42.7 Å². The maximum atomic E-state index is 9.94. The smallest absolute Gasteiger partial charge is 0.225 e. The Balaban J connectivity index is 1.30. The van der Waals surface area contributed by atoms with Crippen molar-refractivity contribution in [3.05, 3.63) is 53.1 Å². The predicted molar refractivity (Wildman–Crippen MR) is 128 cm³/mol. The second-order valence-corrected chi connectivity index (χ2v) is 8.98. The SMILES string of the molecule is CN(C)c1nc(N[C@H]2CC[C@@H](CNCc3cc(Cl)ccc3O)CC2)nc2ccccc12. The number of hydrogen-bond donors (Lipinski definition) is 3. The first-order valence-electron chi connectivity index (χ1n) is 10.9. The number of hydrogen-bond acceptors (Lipinski definition) is 6. The van der Waals surface area contributed by atoms with Crippen molar-refractivity contribution in [2.75, 3.05) is 30.9 Å². The van der Waals surface area contributed by atoms with E-state index in [1.807, 2.05) is 43.3 Å². The van der Waals surface area contributed by atoms with E-state index in [0.29, 0.717) is 29.5 Å². The standard InChI is InChI=1S/C24H30ClN5O/c1-30(2)23-20-5-3-4-6-21(20)28-24(29-23)27-19-10-7-16(8-11-19)14-26-15-17-13-18(25)9-12-22(17)31/h3-6,9,12-13,16,19,26,31H,7-8,10-11,14-15H2,1-2H3,(H,27,28,29)/t16-,19+. The minimum absolute atomic E-state index is 0.289. The summed E-state index contributed by atoms with van der Waals surface area (Å²) in [7, 11) is 4.03. The number of phenolic OH excluding ortho intramolecular Hbond substituents is 1. The van der Waals surface area contributed by atoms with E-state index < -0.39 is 0 Å². The van der Waals surface area contributed by atoms with Gasteiger partial charge < -0.3 is 20.6 Å². The Labute approximate surface area is 188 Å². The normalized spacial score (nSPS) is 18.8. The Bertz CT molecular complexity index is 1030. The Morgan fingerprint density at radius 1 is 1.06 bits per heavy atom. The summed E-state index contributed by atoms with van der Waals surface area (Å²) in [6.07, 6.45) is 4.51. The molecule has 1 aliphatic carbocycles. The molecular formula is C24H30ClN5O. The van der Waals surface area contributed by atoms with Gasteiger partial charge in [-0.2, -0.15) is 4.98 Å². The van der Waals surface area contributed by atoms with Crippen LogP contribution in [0.5, 0.6) is 5.75 Å². The van der Waals surface area contributed by atoms with E-state index in [2.05, 4.69) is 16.7 Å². The number of nitrogens with one attached hydrogen (secondary N) is 2. The molecule has 31 heavy (non-hydrogen) atoms. The number of halogens is 1. The van der Waals surface area contributed by atoms with Crippen LogP contribution in [0, 0.1) is 5.92 Å². The van der Waals surface area contributed by atoms with Crippen LogP contribution in [0.25, 0.3) is 10.9 Å². The van der Waals surface area contributed by atoms with Gasteiger partial charge in [-0.25, -0.2) is 4.98 Å². The van der Waals surface area contributed by atoms with E-state index in [9.17, 15) is 5.11 Å². The summed E-state index contributed by atoms with van der Waals surface area (Å²) in [5.74, 6) is 2.57. The van der Waals surface area contributed by atoms with Gasteiger partial charge in [0.25, 0.3) is 0 Å². The summed E-state index contributed by atoms with van der Waals surface area (Å²) in [4.78, 5) is 11.5. The molecule has 0 saturated heterocycles. The van der Waals surface area contributed by atoms with Crippen molar-refractivity contribution in [3.63, 3.8) is 0 Å². The molecule has 2 aromatic carbocycles. The lowest BCUT2D eigenvalue weighted by Crippen LogP contribution is -2.31. The summed E-state index contributed by atoms with van der Waals surface area (Å²) in [5, 5.41) is 18.7. The number of rotatable bonds is 7. The molecule has 6 nitrogen and oxygen atoms in total. The lowest BCUT2D eigenvalue weighted by Gasteiger charge is -2.29. The third-order valence-electron chi connectivity index (χ3n) is 5.98. The van der Waals surface area contributed by atoms with Crippen molar-refractivity contribution < 1.29 is 5.11 Å². The highest BCUT2D eigenvalue weighted by Crippen LogP contribution is 2.28. The van der Waals surface area contributed by atoms with Gasteiger partial charge in [0.15, 0.2) is 0 Å². The lowest BCUT2D eigenvalue weighted by molar-refractivity contribution is 0.323. The average molecular weight is 440 g/mol. The second kappa shape index (κ2) is 9.71. The first kappa shape index (κ1) is 21.7.